The lowest BCUT2D eigenvalue weighted by atomic mass is 9.85. The van der Waals surface area contributed by atoms with Gasteiger partial charge < -0.3 is 10.4 Å². The van der Waals surface area contributed by atoms with Crippen molar-refractivity contribution in [2.75, 3.05) is 0 Å². The maximum Gasteiger partial charge on any atom is 0.404 e. The van der Waals surface area contributed by atoms with Gasteiger partial charge in [-0.05, 0) is 24.8 Å². The van der Waals surface area contributed by atoms with Gasteiger partial charge >= 0.3 is 12.1 Å². The van der Waals surface area contributed by atoms with Gasteiger partial charge in [-0.25, -0.2) is 0 Å². The minimum atomic E-state index is -4.71. The number of nitrogens with one attached hydrogen (secondary N) is 1. The summed E-state index contributed by atoms with van der Waals surface area (Å²) >= 11 is 0. The zero-order valence-corrected chi connectivity index (χ0v) is 10.8. The number of alkyl halides is 3. The summed E-state index contributed by atoms with van der Waals surface area (Å²) < 4.78 is 39.0. The van der Waals surface area contributed by atoms with Crippen molar-refractivity contribution in [3.63, 3.8) is 0 Å². The average Bonchev–Trinajstić information content (AvgIpc) is 2.83. The first-order valence-corrected chi connectivity index (χ1v) is 6.42. The van der Waals surface area contributed by atoms with Crippen LogP contribution >= 0.6 is 0 Å². The van der Waals surface area contributed by atoms with Gasteiger partial charge in [0.25, 0.3) is 0 Å². The van der Waals surface area contributed by atoms with Crippen LogP contribution in [-0.4, -0.2) is 23.3 Å². The van der Waals surface area contributed by atoms with Crippen LogP contribution in [0.5, 0.6) is 0 Å². The predicted octanol–water partition coefficient (Wildman–Crippen LogP) is 2.96. The Labute approximate surface area is 114 Å². The Morgan fingerprint density at radius 3 is 2.50 bits per heavy atom. The van der Waals surface area contributed by atoms with Crippen LogP contribution < -0.4 is 5.32 Å². The van der Waals surface area contributed by atoms with Gasteiger partial charge in [-0.3, -0.25) is 4.79 Å². The first-order valence-electron chi connectivity index (χ1n) is 6.42. The van der Waals surface area contributed by atoms with Gasteiger partial charge in [0.2, 0.25) is 0 Å². The Hall–Kier alpha value is -1.56. The van der Waals surface area contributed by atoms with Crippen molar-refractivity contribution in [3.8, 4) is 0 Å². The molecular weight excluding hydrogens is 271 g/mol. The van der Waals surface area contributed by atoms with Crippen molar-refractivity contribution < 1.29 is 23.1 Å². The molecule has 1 saturated carbocycles. The number of hydrogen-bond acceptors (Lipinski definition) is 2. The summed E-state index contributed by atoms with van der Waals surface area (Å²) in [5.74, 6) is -1.77. The highest BCUT2D eigenvalue weighted by atomic mass is 19.4. The van der Waals surface area contributed by atoms with E-state index in [-0.39, 0.29) is 12.8 Å². The van der Waals surface area contributed by atoms with E-state index >= 15 is 0 Å². The summed E-state index contributed by atoms with van der Waals surface area (Å²) in [7, 11) is 0. The van der Waals surface area contributed by atoms with Crippen molar-refractivity contribution >= 4 is 5.97 Å². The molecular formula is C14H16F3NO2. The highest BCUT2D eigenvalue weighted by Gasteiger charge is 2.63. The number of hydrogen-bond donors (Lipinski definition) is 2. The number of carboxylic acid groups (broad SMARTS) is 1. The molecule has 0 bridgehead atoms. The number of benzene rings is 1. The Balaban J connectivity index is 1.99. The topological polar surface area (TPSA) is 49.3 Å². The molecule has 0 aromatic heterocycles. The lowest BCUT2D eigenvalue weighted by molar-refractivity contribution is -0.230. The van der Waals surface area contributed by atoms with Crippen molar-refractivity contribution in [1.29, 1.82) is 0 Å². The number of aliphatic carboxylic acids is 1. The summed E-state index contributed by atoms with van der Waals surface area (Å²) in [5.41, 5.74) is -1.63. The van der Waals surface area contributed by atoms with E-state index in [1.54, 1.807) is 0 Å². The molecule has 3 nitrogen and oxygen atoms in total. The molecule has 2 N–H and O–H groups in total. The maximum atomic E-state index is 13.0. The first-order chi connectivity index (χ1) is 9.35. The van der Waals surface area contributed by atoms with Gasteiger partial charge in [-0.15, -0.1) is 0 Å². The Morgan fingerprint density at radius 2 is 2.00 bits per heavy atom. The molecule has 0 saturated heterocycles. The van der Waals surface area contributed by atoms with Crippen LogP contribution in [0.25, 0.3) is 0 Å². The monoisotopic (exact) mass is 287 g/mol. The van der Waals surface area contributed by atoms with E-state index in [2.05, 4.69) is 5.32 Å². The fourth-order valence-corrected chi connectivity index (χ4v) is 2.65. The van der Waals surface area contributed by atoms with Crippen LogP contribution in [0.3, 0.4) is 0 Å². The second kappa shape index (κ2) is 5.44. The third-order valence-corrected chi connectivity index (χ3v) is 3.90. The molecule has 0 amide bonds. The fraction of sp³-hybridized carbons (Fsp3) is 0.500. The van der Waals surface area contributed by atoms with Crippen molar-refractivity contribution in [3.05, 3.63) is 35.9 Å². The summed E-state index contributed by atoms with van der Waals surface area (Å²) in [4.78, 5) is 11.0. The van der Waals surface area contributed by atoms with Crippen molar-refractivity contribution in [2.24, 2.45) is 5.41 Å². The Bertz CT molecular complexity index is 475. The number of halogens is 3. The second-order valence-corrected chi connectivity index (χ2v) is 5.19. The van der Waals surface area contributed by atoms with E-state index in [1.807, 2.05) is 30.3 Å². The zero-order valence-electron chi connectivity index (χ0n) is 10.8. The molecule has 1 aromatic carbocycles. The standard InChI is InChI=1S/C14H16F3NO2/c15-14(16,17)13(12(19)20)7-6-11(8-13)18-9-10-4-2-1-3-5-10/h1-5,11,18H,6-9H2,(H,19,20)/t11-,13+/m1/s1. The van der Waals surface area contributed by atoms with Gasteiger partial charge in [0.05, 0.1) is 0 Å². The van der Waals surface area contributed by atoms with Gasteiger partial charge in [0.15, 0.2) is 5.41 Å². The SMILES string of the molecule is O=C(O)[C@]1(C(F)(F)F)CC[C@@H](NCc2ccccc2)C1. The van der Waals surface area contributed by atoms with E-state index in [1.165, 1.54) is 0 Å². The molecule has 0 aliphatic heterocycles. The highest BCUT2D eigenvalue weighted by molar-refractivity contribution is 5.76. The summed E-state index contributed by atoms with van der Waals surface area (Å²) in [6.45, 7) is 0.444. The van der Waals surface area contributed by atoms with E-state index in [4.69, 9.17) is 5.11 Å². The quantitative estimate of drug-likeness (QED) is 0.895. The van der Waals surface area contributed by atoms with Gasteiger partial charge in [-0.1, -0.05) is 30.3 Å². The van der Waals surface area contributed by atoms with Crippen molar-refractivity contribution in [1.82, 2.24) is 5.32 Å². The second-order valence-electron chi connectivity index (χ2n) is 5.19. The molecule has 1 aromatic rings. The summed E-state index contributed by atoms with van der Waals surface area (Å²) in [6, 6.07) is 8.88. The molecule has 1 aliphatic rings. The largest absolute Gasteiger partial charge is 0.481 e. The number of carbonyl (C=O) groups is 1. The summed E-state index contributed by atoms with van der Waals surface area (Å²) in [5, 5.41) is 12.0. The smallest absolute Gasteiger partial charge is 0.404 e. The Morgan fingerprint density at radius 1 is 1.35 bits per heavy atom. The Kier molecular flexibility index (Phi) is 4.04. The molecule has 6 heteroatoms. The zero-order chi connectivity index (χ0) is 14.8. The van der Waals surface area contributed by atoms with Crippen LogP contribution in [0.2, 0.25) is 0 Å². The van der Waals surface area contributed by atoms with Gasteiger partial charge in [0, 0.05) is 12.6 Å². The molecule has 0 radical (unpaired) electrons. The number of rotatable bonds is 4. The fourth-order valence-electron chi connectivity index (χ4n) is 2.65. The third-order valence-electron chi connectivity index (χ3n) is 3.90. The third kappa shape index (κ3) is 2.80. The summed E-state index contributed by atoms with van der Waals surface area (Å²) in [6.07, 6.45) is -5.25. The van der Waals surface area contributed by atoms with E-state index in [0.29, 0.717) is 6.54 Å². The first kappa shape index (κ1) is 14.8. The minimum Gasteiger partial charge on any atom is -0.481 e. The van der Waals surface area contributed by atoms with E-state index < -0.39 is 30.0 Å². The van der Waals surface area contributed by atoms with Crippen LogP contribution in [0.1, 0.15) is 24.8 Å². The maximum absolute atomic E-state index is 13.0. The highest BCUT2D eigenvalue weighted by Crippen LogP contribution is 2.50. The van der Waals surface area contributed by atoms with Crippen LogP contribution in [0, 0.1) is 5.41 Å². The lowest BCUT2D eigenvalue weighted by Crippen LogP contribution is -2.44. The molecule has 2 rings (SSSR count). The van der Waals surface area contributed by atoms with Crippen molar-refractivity contribution in [2.45, 2.75) is 38.0 Å². The molecule has 1 aliphatic carbocycles. The molecule has 2 atom stereocenters. The normalized spacial score (nSPS) is 26.6. The molecule has 20 heavy (non-hydrogen) atoms. The van der Waals surface area contributed by atoms with Crippen LogP contribution in [0.15, 0.2) is 30.3 Å². The molecule has 1 fully saturated rings. The predicted molar refractivity (Wildman–Crippen MR) is 67.0 cm³/mol. The van der Waals surface area contributed by atoms with Gasteiger partial charge in [0.1, 0.15) is 0 Å². The molecule has 0 unspecified atom stereocenters. The van der Waals surface area contributed by atoms with E-state index in [0.717, 1.165) is 5.56 Å². The van der Waals surface area contributed by atoms with E-state index in [9.17, 15) is 18.0 Å². The molecule has 0 spiro atoms. The van der Waals surface area contributed by atoms with Gasteiger partial charge in [-0.2, -0.15) is 13.2 Å². The van der Waals surface area contributed by atoms with Crippen LogP contribution in [0.4, 0.5) is 13.2 Å². The average molecular weight is 287 g/mol. The molecule has 0 heterocycles. The van der Waals surface area contributed by atoms with Crippen LogP contribution in [-0.2, 0) is 11.3 Å². The number of carboxylic acids is 1. The lowest BCUT2D eigenvalue weighted by Gasteiger charge is -2.27. The minimum absolute atomic E-state index is 0.221. The molecule has 110 valence electrons.